The zero-order valence-electron chi connectivity index (χ0n) is 12.1. The number of carbonyl (C=O) groups excluding carboxylic acids is 1. The largest absolute Gasteiger partial charge is 0.465 e. The molecule has 0 bridgehead atoms. The van der Waals surface area contributed by atoms with E-state index in [1.807, 2.05) is 6.08 Å². The Labute approximate surface area is 128 Å². The number of rotatable bonds is 5. The third-order valence-corrected chi connectivity index (χ3v) is 4.73. The topological polar surface area (TPSA) is 84.5 Å². The molecule has 1 aromatic carbocycles. The van der Waals surface area contributed by atoms with E-state index in [2.05, 4.69) is 14.8 Å². The highest BCUT2D eigenvalue weighted by Crippen LogP contribution is 2.18. The smallest absolute Gasteiger partial charge is 0.339 e. The van der Waals surface area contributed by atoms with Crippen LogP contribution in [0.2, 0.25) is 0 Å². The number of hydrogen-bond donors (Lipinski definition) is 2. The van der Waals surface area contributed by atoms with Gasteiger partial charge in [0.15, 0.2) is 0 Å². The van der Waals surface area contributed by atoms with Crippen molar-refractivity contribution in [1.29, 1.82) is 0 Å². The Bertz CT molecular complexity index is 701. The number of halogens is 1. The average Bonchev–Trinajstić information content (AvgIpc) is 2.53. The van der Waals surface area contributed by atoms with Gasteiger partial charge in [-0.15, -0.1) is 0 Å². The molecule has 0 radical (unpaired) electrons. The number of hydrogen-bond acceptors (Lipinski definition) is 5. The molecule has 8 heteroatoms. The fourth-order valence-electron chi connectivity index (χ4n) is 2.09. The lowest BCUT2D eigenvalue weighted by atomic mass is 10.1. The van der Waals surface area contributed by atoms with Crippen LogP contribution in [0.4, 0.5) is 4.39 Å². The summed E-state index contributed by atoms with van der Waals surface area (Å²) in [6.07, 6.45) is 2.63. The van der Waals surface area contributed by atoms with Crippen molar-refractivity contribution < 1.29 is 22.3 Å². The molecule has 120 valence electrons. The van der Waals surface area contributed by atoms with Crippen molar-refractivity contribution in [2.24, 2.45) is 0 Å². The molecule has 0 aromatic heterocycles. The minimum atomic E-state index is -4.02. The van der Waals surface area contributed by atoms with Gasteiger partial charge in [-0.25, -0.2) is 22.3 Å². The molecule has 0 saturated carbocycles. The summed E-state index contributed by atoms with van der Waals surface area (Å²) in [6.45, 7) is 1.59. The van der Waals surface area contributed by atoms with Crippen molar-refractivity contribution in [1.82, 2.24) is 10.0 Å². The summed E-state index contributed by atoms with van der Waals surface area (Å²) in [4.78, 5) is 11.2. The molecule has 0 saturated heterocycles. The molecule has 2 rings (SSSR count). The molecular weight excluding hydrogens is 311 g/mol. The fraction of sp³-hybridized carbons (Fsp3) is 0.357. The van der Waals surface area contributed by atoms with E-state index in [1.54, 1.807) is 0 Å². The van der Waals surface area contributed by atoms with E-state index in [1.165, 1.54) is 0 Å². The van der Waals surface area contributed by atoms with Gasteiger partial charge in [0.05, 0.1) is 17.6 Å². The van der Waals surface area contributed by atoms with Crippen molar-refractivity contribution in [2.45, 2.75) is 11.3 Å². The van der Waals surface area contributed by atoms with Gasteiger partial charge in [0.25, 0.3) is 0 Å². The van der Waals surface area contributed by atoms with Crippen LogP contribution in [0, 0.1) is 5.82 Å². The highest BCUT2D eigenvalue weighted by molar-refractivity contribution is 7.89. The second-order valence-corrected chi connectivity index (χ2v) is 6.51. The fourth-order valence-corrected chi connectivity index (χ4v) is 3.33. The predicted molar refractivity (Wildman–Crippen MR) is 78.5 cm³/mol. The van der Waals surface area contributed by atoms with Crippen molar-refractivity contribution in [3.63, 3.8) is 0 Å². The van der Waals surface area contributed by atoms with Crippen molar-refractivity contribution >= 4 is 16.0 Å². The summed E-state index contributed by atoms with van der Waals surface area (Å²) in [7, 11) is -2.89. The minimum absolute atomic E-state index is 0.126. The number of sulfonamides is 1. The maximum Gasteiger partial charge on any atom is 0.339 e. The lowest BCUT2D eigenvalue weighted by Gasteiger charge is -2.15. The molecule has 1 heterocycles. The Morgan fingerprint density at radius 3 is 2.86 bits per heavy atom. The van der Waals surface area contributed by atoms with E-state index >= 15 is 0 Å². The summed E-state index contributed by atoms with van der Waals surface area (Å²) in [5, 5.41) is 3.12. The maximum atomic E-state index is 13.4. The molecule has 22 heavy (non-hydrogen) atoms. The number of esters is 1. The van der Waals surface area contributed by atoms with E-state index in [4.69, 9.17) is 0 Å². The molecule has 0 unspecified atom stereocenters. The first-order valence-corrected chi connectivity index (χ1v) is 8.18. The lowest BCUT2D eigenvalue weighted by Crippen LogP contribution is -2.30. The number of benzene rings is 1. The van der Waals surface area contributed by atoms with Crippen LogP contribution in [0.25, 0.3) is 0 Å². The van der Waals surface area contributed by atoms with Crippen molar-refractivity contribution in [3.05, 3.63) is 41.2 Å². The van der Waals surface area contributed by atoms with Gasteiger partial charge in [-0.2, -0.15) is 0 Å². The summed E-state index contributed by atoms with van der Waals surface area (Å²) < 4.78 is 45.0. The van der Waals surface area contributed by atoms with Crippen molar-refractivity contribution in [2.75, 3.05) is 26.7 Å². The molecule has 0 aliphatic carbocycles. The number of nitrogens with one attached hydrogen (secondary N) is 2. The van der Waals surface area contributed by atoms with E-state index < -0.39 is 26.7 Å². The third-order valence-electron chi connectivity index (χ3n) is 3.29. The molecule has 2 N–H and O–H groups in total. The molecule has 6 nitrogen and oxygen atoms in total. The Kier molecular flexibility index (Phi) is 5.28. The lowest BCUT2D eigenvalue weighted by molar-refractivity contribution is 0.0596. The van der Waals surface area contributed by atoms with Crippen LogP contribution >= 0.6 is 0 Å². The highest BCUT2D eigenvalue weighted by Gasteiger charge is 2.24. The molecule has 1 aliphatic heterocycles. The second-order valence-electron chi connectivity index (χ2n) is 4.77. The first kappa shape index (κ1) is 16.6. The van der Waals surface area contributed by atoms with Gasteiger partial charge in [0.1, 0.15) is 5.82 Å². The SMILES string of the molecule is COC(=O)c1ccc(F)cc1S(=O)(=O)NCC1=CCNCC1. The van der Waals surface area contributed by atoms with Gasteiger partial charge in [-0.1, -0.05) is 11.6 Å². The highest BCUT2D eigenvalue weighted by atomic mass is 32.2. The summed E-state index contributed by atoms with van der Waals surface area (Å²) in [5.41, 5.74) is 0.744. The summed E-state index contributed by atoms with van der Waals surface area (Å²) in [5.74, 6) is -1.57. The van der Waals surface area contributed by atoms with E-state index in [-0.39, 0.29) is 12.1 Å². The molecule has 0 atom stereocenters. The summed E-state index contributed by atoms with van der Waals surface area (Å²) in [6, 6.07) is 2.92. The quantitative estimate of drug-likeness (QED) is 0.617. The molecule has 0 fully saturated rings. The van der Waals surface area contributed by atoms with Gasteiger partial charge < -0.3 is 10.1 Å². The Hall–Kier alpha value is -1.77. The van der Waals surface area contributed by atoms with Crippen LogP contribution in [-0.2, 0) is 14.8 Å². The minimum Gasteiger partial charge on any atom is -0.465 e. The van der Waals surface area contributed by atoms with E-state index in [0.717, 1.165) is 43.8 Å². The number of methoxy groups -OCH3 is 1. The number of carbonyl (C=O) groups is 1. The van der Waals surface area contributed by atoms with Crippen molar-refractivity contribution in [3.8, 4) is 0 Å². The normalized spacial score (nSPS) is 15.3. The van der Waals surface area contributed by atoms with Crippen LogP contribution in [-0.4, -0.2) is 41.1 Å². The van der Waals surface area contributed by atoms with Crippen LogP contribution in [0.15, 0.2) is 34.7 Å². The third kappa shape index (κ3) is 3.90. The zero-order valence-corrected chi connectivity index (χ0v) is 12.9. The predicted octanol–water partition coefficient (Wildman–Crippen LogP) is 0.810. The molecule has 0 spiro atoms. The Morgan fingerprint density at radius 1 is 1.45 bits per heavy atom. The average molecular weight is 328 g/mol. The Morgan fingerprint density at radius 2 is 2.23 bits per heavy atom. The van der Waals surface area contributed by atoms with Crippen LogP contribution < -0.4 is 10.0 Å². The molecular formula is C14H17FN2O4S. The standard InChI is InChI=1S/C14H17FN2O4S/c1-21-14(18)12-3-2-11(15)8-13(12)22(19,20)17-9-10-4-6-16-7-5-10/h2-4,8,16-17H,5-7,9H2,1H3. The van der Waals surface area contributed by atoms with E-state index in [9.17, 15) is 17.6 Å². The van der Waals surface area contributed by atoms with E-state index in [0.29, 0.717) is 6.54 Å². The van der Waals surface area contributed by atoms with Crippen LogP contribution in [0.5, 0.6) is 0 Å². The first-order chi connectivity index (χ1) is 10.4. The van der Waals surface area contributed by atoms with Gasteiger partial charge in [-0.05, 0) is 31.2 Å². The van der Waals surface area contributed by atoms with Crippen LogP contribution in [0.1, 0.15) is 16.8 Å². The monoisotopic (exact) mass is 328 g/mol. The summed E-state index contributed by atoms with van der Waals surface area (Å²) >= 11 is 0. The van der Waals surface area contributed by atoms with Gasteiger partial charge >= 0.3 is 5.97 Å². The first-order valence-electron chi connectivity index (χ1n) is 6.70. The molecule has 1 aliphatic rings. The second kappa shape index (κ2) is 6.99. The van der Waals surface area contributed by atoms with Gasteiger partial charge in [-0.3, -0.25) is 0 Å². The van der Waals surface area contributed by atoms with Gasteiger partial charge in [0.2, 0.25) is 10.0 Å². The Balaban J connectivity index is 2.26. The van der Waals surface area contributed by atoms with Gasteiger partial charge in [0, 0.05) is 13.1 Å². The number of ether oxygens (including phenoxy) is 1. The zero-order chi connectivity index (χ0) is 16.2. The molecule has 1 aromatic rings. The molecule has 0 amide bonds. The maximum absolute atomic E-state index is 13.4. The van der Waals surface area contributed by atoms with Crippen LogP contribution in [0.3, 0.4) is 0 Å².